The second-order valence-corrected chi connectivity index (χ2v) is 5.57. The van der Waals surface area contributed by atoms with Crippen LogP contribution in [-0.4, -0.2) is 16.9 Å². The summed E-state index contributed by atoms with van der Waals surface area (Å²) in [6.07, 6.45) is 2.76. The molecule has 5 heteroatoms. The largest absolute Gasteiger partial charge is 0.493 e. The summed E-state index contributed by atoms with van der Waals surface area (Å²) in [5.41, 5.74) is 7.31. The van der Waals surface area contributed by atoms with Crippen molar-refractivity contribution in [2.75, 3.05) is 7.11 Å². The fourth-order valence-electron chi connectivity index (χ4n) is 1.99. The molecule has 2 rings (SSSR count). The Bertz CT molecular complexity index is 518. The van der Waals surface area contributed by atoms with Crippen LogP contribution in [0.5, 0.6) is 5.75 Å². The molecule has 98 valence electrons. The average molecular weight is 265 g/mol. The van der Waals surface area contributed by atoms with Gasteiger partial charge in [-0.3, -0.25) is 4.68 Å². The van der Waals surface area contributed by atoms with Crippen LogP contribution < -0.4 is 10.5 Å². The minimum absolute atomic E-state index is 0.173. The maximum atomic E-state index is 6.35. The topological polar surface area (TPSA) is 53.1 Å². The molecule has 0 aliphatic heterocycles. The van der Waals surface area contributed by atoms with Crippen molar-refractivity contribution >= 4 is 11.3 Å². The molecule has 0 amide bonds. The molecule has 2 aromatic heterocycles. The molecule has 1 atom stereocenters. The zero-order chi connectivity index (χ0) is 13.1. The van der Waals surface area contributed by atoms with E-state index in [-0.39, 0.29) is 6.04 Å². The number of hydrogen-bond donors (Lipinski definition) is 1. The van der Waals surface area contributed by atoms with Crippen molar-refractivity contribution in [2.45, 2.75) is 32.9 Å². The molecular weight excluding hydrogens is 246 g/mol. The first kappa shape index (κ1) is 13.1. The van der Waals surface area contributed by atoms with Gasteiger partial charge in [-0.2, -0.15) is 5.10 Å². The molecule has 2 aromatic rings. The Balaban J connectivity index is 2.38. The highest BCUT2D eigenvalue weighted by molar-refractivity contribution is 7.12. The van der Waals surface area contributed by atoms with Gasteiger partial charge >= 0.3 is 0 Å². The summed E-state index contributed by atoms with van der Waals surface area (Å²) in [7, 11) is 1.66. The fourth-order valence-corrected chi connectivity index (χ4v) is 2.88. The summed E-state index contributed by atoms with van der Waals surface area (Å²) in [5, 5.41) is 4.35. The molecule has 0 aliphatic carbocycles. The standard InChI is InChI=1S/C13H19N3OS/c1-4-7-16-13(10(17-3)8-15-16)12(14)11-6-5-9(2)18-11/h5-6,8,12H,4,7,14H2,1-3H3. The monoisotopic (exact) mass is 265 g/mol. The summed E-state index contributed by atoms with van der Waals surface area (Å²) >= 11 is 1.72. The Morgan fingerprint density at radius 3 is 2.83 bits per heavy atom. The normalized spacial score (nSPS) is 12.7. The number of ether oxygens (including phenoxy) is 1. The van der Waals surface area contributed by atoms with Crippen LogP contribution in [0.15, 0.2) is 18.3 Å². The summed E-state index contributed by atoms with van der Waals surface area (Å²) in [5.74, 6) is 0.766. The Morgan fingerprint density at radius 2 is 2.28 bits per heavy atom. The lowest BCUT2D eigenvalue weighted by atomic mass is 10.1. The zero-order valence-electron chi connectivity index (χ0n) is 11.0. The van der Waals surface area contributed by atoms with E-state index in [1.165, 1.54) is 4.88 Å². The van der Waals surface area contributed by atoms with E-state index < -0.39 is 0 Å². The van der Waals surface area contributed by atoms with E-state index in [2.05, 4.69) is 31.1 Å². The van der Waals surface area contributed by atoms with Gasteiger partial charge in [0.1, 0.15) is 5.69 Å². The van der Waals surface area contributed by atoms with Gasteiger partial charge in [0.25, 0.3) is 0 Å². The lowest BCUT2D eigenvalue weighted by molar-refractivity contribution is 0.404. The molecule has 0 aromatic carbocycles. The average Bonchev–Trinajstić information content (AvgIpc) is 2.95. The maximum absolute atomic E-state index is 6.35. The number of nitrogens with two attached hydrogens (primary N) is 1. The number of aryl methyl sites for hydroxylation is 2. The summed E-state index contributed by atoms with van der Waals surface area (Å²) in [6, 6.07) is 3.99. The van der Waals surface area contributed by atoms with Crippen LogP contribution in [0.2, 0.25) is 0 Å². The van der Waals surface area contributed by atoms with Crippen LogP contribution in [0.4, 0.5) is 0 Å². The molecule has 18 heavy (non-hydrogen) atoms. The molecule has 0 aliphatic rings. The van der Waals surface area contributed by atoms with Crippen LogP contribution in [0, 0.1) is 6.92 Å². The van der Waals surface area contributed by atoms with Crippen LogP contribution in [0.3, 0.4) is 0 Å². The first-order valence-electron chi connectivity index (χ1n) is 6.09. The van der Waals surface area contributed by atoms with Gasteiger partial charge in [0, 0.05) is 16.3 Å². The Morgan fingerprint density at radius 1 is 1.50 bits per heavy atom. The highest BCUT2D eigenvalue weighted by Crippen LogP contribution is 2.31. The van der Waals surface area contributed by atoms with E-state index in [1.807, 2.05) is 4.68 Å². The smallest absolute Gasteiger partial charge is 0.161 e. The highest BCUT2D eigenvalue weighted by Gasteiger charge is 2.21. The van der Waals surface area contributed by atoms with Crippen molar-refractivity contribution in [1.82, 2.24) is 9.78 Å². The second kappa shape index (κ2) is 5.54. The molecular formula is C13H19N3OS. The quantitative estimate of drug-likeness (QED) is 0.904. The van der Waals surface area contributed by atoms with Crippen LogP contribution in [0.1, 0.15) is 34.8 Å². The molecule has 2 N–H and O–H groups in total. The van der Waals surface area contributed by atoms with Crippen molar-refractivity contribution in [1.29, 1.82) is 0 Å². The zero-order valence-corrected chi connectivity index (χ0v) is 11.8. The third-order valence-corrected chi connectivity index (χ3v) is 3.95. The van der Waals surface area contributed by atoms with E-state index in [0.717, 1.165) is 29.3 Å². The van der Waals surface area contributed by atoms with Crippen molar-refractivity contribution in [3.63, 3.8) is 0 Å². The van der Waals surface area contributed by atoms with Gasteiger partial charge in [-0.15, -0.1) is 11.3 Å². The SMILES string of the molecule is CCCn1ncc(OC)c1C(N)c1ccc(C)s1. The van der Waals surface area contributed by atoms with Crippen LogP contribution >= 0.6 is 11.3 Å². The first-order chi connectivity index (χ1) is 8.67. The Kier molecular flexibility index (Phi) is 4.04. The molecule has 0 saturated carbocycles. The number of rotatable bonds is 5. The van der Waals surface area contributed by atoms with Gasteiger partial charge in [-0.05, 0) is 25.5 Å². The lowest BCUT2D eigenvalue weighted by Gasteiger charge is -2.14. The van der Waals surface area contributed by atoms with Crippen LogP contribution in [-0.2, 0) is 6.54 Å². The van der Waals surface area contributed by atoms with Gasteiger partial charge < -0.3 is 10.5 Å². The van der Waals surface area contributed by atoms with E-state index in [4.69, 9.17) is 10.5 Å². The fraction of sp³-hybridized carbons (Fsp3) is 0.462. The second-order valence-electron chi connectivity index (χ2n) is 4.25. The minimum Gasteiger partial charge on any atom is -0.493 e. The number of hydrogen-bond acceptors (Lipinski definition) is 4. The highest BCUT2D eigenvalue weighted by atomic mass is 32.1. The summed E-state index contributed by atoms with van der Waals surface area (Å²) in [6.45, 7) is 5.07. The van der Waals surface area contributed by atoms with Gasteiger partial charge in [-0.1, -0.05) is 6.92 Å². The van der Waals surface area contributed by atoms with E-state index in [1.54, 1.807) is 24.6 Å². The first-order valence-corrected chi connectivity index (χ1v) is 6.90. The molecule has 0 saturated heterocycles. The number of nitrogens with zero attached hydrogens (tertiary/aromatic N) is 2. The third-order valence-electron chi connectivity index (χ3n) is 2.86. The molecule has 1 unspecified atom stereocenters. The van der Waals surface area contributed by atoms with Gasteiger partial charge in [-0.25, -0.2) is 0 Å². The van der Waals surface area contributed by atoms with Crippen molar-refractivity contribution < 1.29 is 4.74 Å². The molecule has 0 fully saturated rings. The third kappa shape index (κ3) is 2.42. The predicted molar refractivity (Wildman–Crippen MR) is 74.2 cm³/mol. The van der Waals surface area contributed by atoms with Crippen molar-refractivity contribution in [2.24, 2.45) is 5.73 Å². The van der Waals surface area contributed by atoms with E-state index in [9.17, 15) is 0 Å². The van der Waals surface area contributed by atoms with Crippen LogP contribution in [0.25, 0.3) is 0 Å². The molecule has 0 bridgehead atoms. The predicted octanol–water partition coefficient (Wildman–Crippen LogP) is 2.72. The molecule has 0 spiro atoms. The van der Waals surface area contributed by atoms with E-state index in [0.29, 0.717) is 0 Å². The van der Waals surface area contributed by atoms with E-state index >= 15 is 0 Å². The summed E-state index contributed by atoms with van der Waals surface area (Å²) in [4.78, 5) is 2.41. The summed E-state index contributed by atoms with van der Waals surface area (Å²) < 4.78 is 7.31. The number of methoxy groups -OCH3 is 1. The Labute approximate surface area is 111 Å². The van der Waals surface area contributed by atoms with Gasteiger partial charge in [0.05, 0.1) is 19.3 Å². The van der Waals surface area contributed by atoms with Gasteiger partial charge in [0.15, 0.2) is 5.75 Å². The van der Waals surface area contributed by atoms with Crippen molar-refractivity contribution in [3.05, 3.63) is 33.8 Å². The van der Waals surface area contributed by atoms with Crippen molar-refractivity contribution in [3.8, 4) is 5.75 Å². The lowest BCUT2D eigenvalue weighted by Crippen LogP contribution is -2.17. The number of aromatic nitrogens is 2. The molecule has 4 nitrogen and oxygen atoms in total. The Hall–Kier alpha value is -1.33. The molecule has 2 heterocycles. The minimum atomic E-state index is -0.173. The van der Waals surface area contributed by atoms with Gasteiger partial charge in [0.2, 0.25) is 0 Å². The maximum Gasteiger partial charge on any atom is 0.161 e. The molecule has 0 radical (unpaired) electrons. The number of thiophene rings is 1.